The molecule has 1 N–H and O–H groups in total. The van der Waals surface area contributed by atoms with Gasteiger partial charge in [-0.15, -0.1) is 0 Å². The molecule has 1 aliphatic rings. The van der Waals surface area contributed by atoms with Crippen LogP contribution in [-0.4, -0.2) is 24.7 Å². The molecule has 1 aliphatic heterocycles. The van der Waals surface area contributed by atoms with Crippen molar-refractivity contribution in [2.45, 2.75) is 20.3 Å². The lowest BCUT2D eigenvalue weighted by Gasteiger charge is -2.21. The van der Waals surface area contributed by atoms with Crippen LogP contribution >= 0.6 is 0 Å². The van der Waals surface area contributed by atoms with Crippen LogP contribution in [0.4, 0.5) is 0 Å². The molecular formula is C9H15NO2. The molecule has 68 valence electrons. The fourth-order valence-corrected chi connectivity index (χ4v) is 1.41. The number of Topliss-reactive ketones (excluding diaryl/α,β-unsaturated/α-hetero) is 2. The Balaban J connectivity index is 2.60. The van der Waals surface area contributed by atoms with E-state index in [1.54, 1.807) is 0 Å². The molecule has 3 heteroatoms. The van der Waals surface area contributed by atoms with Crippen molar-refractivity contribution in [3.63, 3.8) is 0 Å². The van der Waals surface area contributed by atoms with Gasteiger partial charge in [-0.25, -0.2) is 0 Å². The van der Waals surface area contributed by atoms with Crippen molar-refractivity contribution < 1.29 is 9.59 Å². The molecule has 1 fully saturated rings. The minimum atomic E-state index is -0.376. The SMILES string of the molecule is CC(C)C(=O)C1CNCCC1=O. The summed E-state index contributed by atoms with van der Waals surface area (Å²) >= 11 is 0. The molecule has 3 nitrogen and oxygen atoms in total. The monoisotopic (exact) mass is 169 g/mol. The van der Waals surface area contributed by atoms with Gasteiger partial charge in [-0.05, 0) is 0 Å². The molecule has 0 radical (unpaired) electrons. The average molecular weight is 169 g/mol. The van der Waals surface area contributed by atoms with Gasteiger partial charge in [0, 0.05) is 25.4 Å². The largest absolute Gasteiger partial charge is 0.315 e. The summed E-state index contributed by atoms with van der Waals surface area (Å²) in [6.07, 6.45) is 0.503. The fourth-order valence-electron chi connectivity index (χ4n) is 1.41. The Morgan fingerprint density at radius 1 is 1.58 bits per heavy atom. The van der Waals surface area contributed by atoms with Crippen LogP contribution in [-0.2, 0) is 9.59 Å². The van der Waals surface area contributed by atoms with Gasteiger partial charge in [0.25, 0.3) is 0 Å². The van der Waals surface area contributed by atoms with Crippen LogP contribution in [0.25, 0.3) is 0 Å². The first-order valence-electron chi connectivity index (χ1n) is 4.40. The molecule has 1 rings (SSSR count). The van der Waals surface area contributed by atoms with Gasteiger partial charge in [-0.1, -0.05) is 13.8 Å². The molecule has 1 heterocycles. The number of carbonyl (C=O) groups excluding carboxylic acids is 2. The lowest BCUT2D eigenvalue weighted by molar-refractivity contribution is -0.135. The molecule has 12 heavy (non-hydrogen) atoms. The van der Waals surface area contributed by atoms with Crippen molar-refractivity contribution in [3.8, 4) is 0 Å². The molecule has 0 aromatic rings. The summed E-state index contributed by atoms with van der Waals surface area (Å²) in [6.45, 7) is 4.94. The van der Waals surface area contributed by atoms with Gasteiger partial charge in [-0.2, -0.15) is 0 Å². The predicted molar refractivity (Wildman–Crippen MR) is 45.8 cm³/mol. The summed E-state index contributed by atoms with van der Waals surface area (Å²) in [6, 6.07) is 0. The van der Waals surface area contributed by atoms with Crippen LogP contribution in [0.3, 0.4) is 0 Å². The number of rotatable bonds is 2. The van der Waals surface area contributed by atoms with Crippen LogP contribution in [0, 0.1) is 11.8 Å². The van der Waals surface area contributed by atoms with Gasteiger partial charge in [0.05, 0.1) is 5.92 Å². The van der Waals surface area contributed by atoms with E-state index in [1.165, 1.54) is 0 Å². The highest BCUT2D eigenvalue weighted by Gasteiger charge is 2.29. The third kappa shape index (κ3) is 1.91. The van der Waals surface area contributed by atoms with Crippen LogP contribution in [0.1, 0.15) is 20.3 Å². The first-order valence-corrected chi connectivity index (χ1v) is 4.40. The minimum Gasteiger partial charge on any atom is -0.315 e. The van der Waals surface area contributed by atoms with Gasteiger partial charge in [0.1, 0.15) is 11.6 Å². The second-order valence-electron chi connectivity index (χ2n) is 3.53. The van der Waals surface area contributed by atoms with Crippen LogP contribution < -0.4 is 5.32 Å². The minimum absolute atomic E-state index is 0.0288. The van der Waals surface area contributed by atoms with Crippen LogP contribution in [0.2, 0.25) is 0 Å². The molecule has 0 aromatic heterocycles. The third-order valence-electron chi connectivity index (χ3n) is 2.20. The summed E-state index contributed by atoms with van der Waals surface area (Å²) in [5.41, 5.74) is 0. The van der Waals surface area contributed by atoms with Crippen molar-refractivity contribution >= 4 is 11.6 Å². The lowest BCUT2D eigenvalue weighted by atomic mass is 9.88. The highest BCUT2D eigenvalue weighted by Crippen LogP contribution is 2.12. The van der Waals surface area contributed by atoms with Crippen molar-refractivity contribution in [2.75, 3.05) is 13.1 Å². The molecule has 0 amide bonds. The zero-order chi connectivity index (χ0) is 9.14. The normalized spacial score (nSPS) is 24.6. The Hall–Kier alpha value is -0.700. The zero-order valence-electron chi connectivity index (χ0n) is 7.59. The van der Waals surface area contributed by atoms with Gasteiger partial charge in [-0.3, -0.25) is 9.59 Å². The Bertz CT molecular complexity index is 199. The van der Waals surface area contributed by atoms with E-state index in [0.29, 0.717) is 13.0 Å². The van der Waals surface area contributed by atoms with E-state index in [9.17, 15) is 9.59 Å². The first kappa shape index (κ1) is 9.39. The Morgan fingerprint density at radius 2 is 2.25 bits per heavy atom. The summed E-state index contributed by atoms with van der Waals surface area (Å²) in [5, 5.41) is 3.06. The van der Waals surface area contributed by atoms with E-state index >= 15 is 0 Å². The predicted octanol–water partition coefficient (Wildman–Crippen LogP) is 0.390. The zero-order valence-corrected chi connectivity index (χ0v) is 7.59. The highest BCUT2D eigenvalue weighted by atomic mass is 16.2. The number of piperidine rings is 1. The topological polar surface area (TPSA) is 46.2 Å². The van der Waals surface area contributed by atoms with Crippen LogP contribution in [0.5, 0.6) is 0 Å². The van der Waals surface area contributed by atoms with Crippen molar-refractivity contribution in [2.24, 2.45) is 11.8 Å². The maximum Gasteiger partial charge on any atom is 0.147 e. The van der Waals surface area contributed by atoms with E-state index in [4.69, 9.17) is 0 Å². The Morgan fingerprint density at radius 3 is 2.75 bits per heavy atom. The first-order chi connectivity index (χ1) is 5.63. The molecule has 1 unspecified atom stereocenters. The quantitative estimate of drug-likeness (QED) is 0.608. The molecule has 0 spiro atoms. The van der Waals surface area contributed by atoms with Gasteiger partial charge in [0.15, 0.2) is 0 Å². The Labute approximate surface area is 72.5 Å². The van der Waals surface area contributed by atoms with E-state index < -0.39 is 0 Å². The van der Waals surface area contributed by atoms with Crippen molar-refractivity contribution in [1.82, 2.24) is 5.32 Å². The van der Waals surface area contributed by atoms with Crippen LogP contribution in [0.15, 0.2) is 0 Å². The fraction of sp³-hybridized carbons (Fsp3) is 0.778. The van der Waals surface area contributed by atoms with E-state index in [1.807, 2.05) is 13.8 Å². The molecule has 0 saturated carbocycles. The number of nitrogens with one attached hydrogen (secondary N) is 1. The maximum absolute atomic E-state index is 11.4. The summed E-state index contributed by atoms with van der Waals surface area (Å²) in [7, 11) is 0. The molecule has 0 bridgehead atoms. The summed E-state index contributed by atoms with van der Waals surface area (Å²) in [4.78, 5) is 22.7. The van der Waals surface area contributed by atoms with Crippen molar-refractivity contribution in [1.29, 1.82) is 0 Å². The summed E-state index contributed by atoms with van der Waals surface area (Å²) < 4.78 is 0. The smallest absolute Gasteiger partial charge is 0.147 e. The van der Waals surface area contributed by atoms with E-state index in [-0.39, 0.29) is 23.4 Å². The second-order valence-corrected chi connectivity index (χ2v) is 3.53. The molecule has 1 atom stereocenters. The third-order valence-corrected chi connectivity index (χ3v) is 2.20. The van der Waals surface area contributed by atoms with Gasteiger partial charge < -0.3 is 5.32 Å². The molecule has 0 aliphatic carbocycles. The van der Waals surface area contributed by atoms with E-state index in [0.717, 1.165) is 6.54 Å². The maximum atomic E-state index is 11.4. The van der Waals surface area contributed by atoms with Crippen molar-refractivity contribution in [3.05, 3.63) is 0 Å². The molecule has 0 aromatic carbocycles. The Kier molecular flexibility index (Phi) is 2.98. The number of hydrogen-bond donors (Lipinski definition) is 1. The average Bonchev–Trinajstić information content (AvgIpc) is 2.04. The molecular weight excluding hydrogens is 154 g/mol. The van der Waals surface area contributed by atoms with Gasteiger partial charge >= 0.3 is 0 Å². The summed E-state index contributed by atoms with van der Waals surface area (Å²) in [5.74, 6) is -0.225. The van der Waals surface area contributed by atoms with Gasteiger partial charge in [0.2, 0.25) is 0 Å². The lowest BCUT2D eigenvalue weighted by Crippen LogP contribution is -2.42. The molecule has 1 saturated heterocycles. The number of carbonyl (C=O) groups is 2. The van der Waals surface area contributed by atoms with E-state index in [2.05, 4.69) is 5.32 Å². The number of ketones is 2. The highest BCUT2D eigenvalue weighted by molar-refractivity contribution is 6.03. The number of hydrogen-bond acceptors (Lipinski definition) is 3. The second kappa shape index (κ2) is 3.81. The standard InChI is InChI=1S/C9H15NO2/c1-6(2)9(12)7-5-10-4-3-8(7)11/h6-7,10H,3-5H2,1-2H3.